The Morgan fingerprint density at radius 2 is 1.97 bits per heavy atom. The molecule has 0 aliphatic heterocycles. The smallest absolute Gasteiger partial charge is 0.311 e. The monoisotopic (exact) mass is 442 g/mol. The molecule has 0 unspecified atom stereocenters. The van der Waals surface area contributed by atoms with Crippen LogP contribution >= 0.6 is 11.3 Å². The highest BCUT2D eigenvalue weighted by atomic mass is 32.1. The van der Waals surface area contributed by atoms with Crippen molar-refractivity contribution in [3.8, 4) is 5.69 Å². The predicted octanol–water partition coefficient (Wildman–Crippen LogP) is 4.09. The van der Waals surface area contributed by atoms with Gasteiger partial charge in [0.05, 0.1) is 24.4 Å². The van der Waals surface area contributed by atoms with Crippen LogP contribution in [-0.4, -0.2) is 33.2 Å². The van der Waals surface area contributed by atoms with Crippen molar-refractivity contribution < 1.29 is 18.7 Å². The van der Waals surface area contributed by atoms with Crippen molar-refractivity contribution in [2.75, 3.05) is 11.9 Å². The lowest BCUT2D eigenvalue weighted by Gasteiger charge is -2.07. The van der Waals surface area contributed by atoms with E-state index in [2.05, 4.69) is 15.4 Å². The first kappa shape index (κ1) is 21.2. The van der Waals surface area contributed by atoms with Gasteiger partial charge in [-0.1, -0.05) is 6.42 Å². The van der Waals surface area contributed by atoms with E-state index in [0.29, 0.717) is 23.1 Å². The van der Waals surface area contributed by atoms with Crippen molar-refractivity contribution in [2.24, 2.45) is 0 Å². The molecule has 4 rings (SSSR count). The molecular weight excluding hydrogens is 419 g/mol. The SMILES string of the molecule is CCOC(=O)Cc1csc(NC(=O)c2nn(-c3ccc(F)cc3)c3c2CCCCC3)n1. The zero-order valence-electron chi connectivity index (χ0n) is 17.2. The molecule has 1 amide bonds. The molecule has 1 aromatic carbocycles. The third kappa shape index (κ3) is 4.82. The second kappa shape index (κ2) is 9.38. The molecule has 0 radical (unpaired) electrons. The Hall–Kier alpha value is -3.07. The van der Waals surface area contributed by atoms with Gasteiger partial charge in [-0.15, -0.1) is 11.3 Å². The van der Waals surface area contributed by atoms with E-state index in [1.165, 1.54) is 23.5 Å². The summed E-state index contributed by atoms with van der Waals surface area (Å²) in [5, 5.41) is 9.53. The molecule has 0 saturated carbocycles. The number of halogens is 1. The van der Waals surface area contributed by atoms with Crippen molar-refractivity contribution in [3.05, 3.63) is 58.1 Å². The topological polar surface area (TPSA) is 86.1 Å². The Kier molecular flexibility index (Phi) is 6.41. The van der Waals surface area contributed by atoms with Crippen LogP contribution < -0.4 is 5.32 Å². The van der Waals surface area contributed by atoms with Gasteiger partial charge in [-0.25, -0.2) is 14.1 Å². The molecule has 7 nitrogen and oxygen atoms in total. The van der Waals surface area contributed by atoms with E-state index in [0.717, 1.165) is 49.0 Å². The molecule has 0 fully saturated rings. The minimum Gasteiger partial charge on any atom is -0.466 e. The maximum Gasteiger partial charge on any atom is 0.311 e. The molecule has 3 aromatic rings. The van der Waals surface area contributed by atoms with Crippen LogP contribution in [0.4, 0.5) is 9.52 Å². The van der Waals surface area contributed by atoms with Crippen molar-refractivity contribution in [1.82, 2.24) is 14.8 Å². The minimum atomic E-state index is -0.353. The van der Waals surface area contributed by atoms with Crippen LogP contribution in [0.2, 0.25) is 0 Å². The van der Waals surface area contributed by atoms with E-state index in [1.807, 2.05) is 0 Å². The fourth-order valence-electron chi connectivity index (χ4n) is 3.72. The Morgan fingerprint density at radius 3 is 2.74 bits per heavy atom. The van der Waals surface area contributed by atoms with Crippen molar-refractivity contribution >= 4 is 28.3 Å². The highest BCUT2D eigenvalue weighted by molar-refractivity contribution is 7.14. The van der Waals surface area contributed by atoms with Gasteiger partial charge in [0.15, 0.2) is 10.8 Å². The van der Waals surface area contributed by atoms with Crippen LogP contribution in [0.1, 0.15) is 53.6 Å². The molecule has 31 heavy (non-hydrogen) atoms. The minimum absolute atomic E-state index is 0.0643. The second-order valence-electron chi connectivity index (χ2n) is 7.30. The Morgan fingerprint density at radius 1 is 1.19 bits per heavy atom. The maximum atomic E-state index is 13.4. The molecule has 162 valence electrons. The summed E-state index contributed by atoms with van der Waals surface area (Å²) in [7, 11) is 0. The highest BCUT2D eigenvalue weighted by Gasteiger charge is 2.25. The average molecular weight is 443 g/mol. The number of benzene rings is 1. The molecule has 1 N–H and O–H groups in total. The first-order valence-corrected chi connectivity index (χ1v) is 11.2. The second-order valence-corrected chi connectivity index (χ2v) is 8.16. The quantitative estimate of drug-likeness (QED) is 0.459. The van der Waals surface area contributed by atoms with Gasteiger partial charge >= 0.3 is 5.97 Å². The van der Waals surface area contributed by atoms with E-state index in [-0.39, 0.29) is 24.1 Å². The van der Waals surface area contributed by atoms with Crippen LogP contribution in [0.5, 0.6) is 0 Å². The molecule has 0 saturated heterocycles. The average Bonchev–Trinajstić information content (AvgIpc) is 3.24. The molecule has 0 spiro atoms. The van der Waals surface area contributed by atoms with Crippen molar-refractivity contribution in [1.29, 1.82) is 0 Å². The number of nitrogens with zero attached hydrogens (tertiary/aromatic N) is 3. The predicted molar refractivity (Wildman–Crippen MR) is 115 cm³/mol. The summed E-state index contributed by atoms with van der Waals surface area (Å²) in [4.78, 5) is 29.0. The number of aromatic nitrogens is 3. The van der Waals surface area contributed by atoms with Crippen molar-refractivity contribution in [3.63, 3.8) is 0 Å². The van der Waals surface area contributed by atoms with Gasteiger partial charge in [0.1, 0.15) is 5.82 Å². The number of hydrogen-bond acceptors (Lipinski definition) is 6. The zero-order chi connectivity index (χ0) is 21.8. The van der Waals surface area contributed by atoms with Gasteiger partial charge in [0.25, 0.3) is 5.91 Å². The lowest BCUT2D eigenvalue weighted by atomic mass is 10.1. The zero-order valence-corrected chi connectivity index (χ0v) is 18.0. The third-order valence-electron chi connectivity index (χ3n) is 5.12. The normalized spacial score (nSPS) is 13.4. The van der Waals surface area contributed by atoms with E-state index in [1.54, 1.807) is 29.1 Å². The van der Waals surface area contributed by atoms with Gasteiger partial charge in [0.2, 0.25) is 0 Å². The molecule has 1 aliphatic rings. The van der Waals surface area contributed by atoms with E-state index in [4.69, 9.17) is 4.74 Å². The number of fused-ring (bicyclic) bond motifs is 1. The molecule has 2 aromatic heterocycles. The van der Waals surface area contributed by atoms with Crippen LogP contribution in [0.25, 0.3) is 5.69 Å². The fraction of sp³-hybridized carbons (Fsp3) is 0.364. The summed E-state index contributed by atoms with van der Waals surface area (Å²) in [6.07, 6.45) is 4.74. The third-order valence-corrected chi connectivity index (χ3v) is 5.93. The first-order chi connectivity index (χ1) is 15.0. The fourth-order valence-corrected chi connectivity index (χ4v) is 4.42. The van der Waals surface area contributed by atoms with Crippen molar-refractivity contribution in [2.45, 2.75) is 45.4 Å². The van der Waals surface area contributed by atoms with Gasteiger partial charge < -0.3 is 4.74 Å². The summed E-state index contributed by atoms with van der Waals surface area (Å²) in [5.41, 5.74) is 3.57. The highest BCUT2D eigenvalue weighted by Crippen LogP contribution is 2.27. The number of anilines is 1. The number of amides is 1. The number of esters is 1. The van der Waals surface area contributed by atoms with Crippen LogP contribution in [0.3, 0.4) is 0 Å². The Bertz CT molecular complexity index is 1090. The van der Waals surface area contributed by atoms with Gasteiger partial charge in [-0.2, -0.15) is 5.10 Å². The van der Waals surface area contributed by atoms with Gasteiger partial charge in [-0.3, -0.25) is 14.9 Å². The molecule has 9 heteroatoms. The summed E-state index contributed by atoms with van der Waals surface area (Å²) in [5.74, 6) is -1.01. The summed E-state index contributed by atoms with van der Waals surface area (Å²) in [6.45, 7) is 2.06. The largest absolute Gasteiger partial charge is 0.466 e. The molecular formula is C22H23FN4O3S. The lowest BCUT2D eigenvalue weighted by Crippen LogP contribution is -2.15. The molecule has 2 heterocycles. The summed E-state index contributed by atoms with van der Waals surface area (Å²) >= 11 is 1.25. The number of hydrogen-bond donors (Lipinski definition) is 1. The number of carbonyl (C=O) groups is 2. The summed E-state index contributed by atoms with van der Waals surface area (Å²) in [6, 6.07) is 6.11. The summed E-state index contributed by atoms with van der Waals surface area (Å²) < 4.78 is 20.1. The number of rotatable bonds is 6. The van der Waals surface area contributed by atoms with Crippen LogP contribution in [-0.2, 0) is 28.8 Å². The van der Waals surface area contributed by atoms with E-state index in [9.17, 15) is 14.0 Å². The van der Waals surface area contributed by atoms with Gasteiger partial charge in [0, 0.05) is 16.6 Å². The number of ether oxygens (including phenoxy) is 1. The molecule has 0 bridgehead atoms. The van der Waals surface area contributed by atoms with E-state index >= 15 is 0 Å². The number of nitrogens with one attached hydrogen (secondary N) is 1. The maximum absolute atomic E-state index is 13.4. The first-order valence-electron chi connectivity index (χ1n) is 10.3. The van der Waals surface area contributed by atoms with Crippen LogP contribution in [0, 0.1) is 5.82 Å². The Labute approximate surface area is 183 Å². The molecule has 0 atom stereocenters. The number of thiazole rings is 1. The van der Waals surface area contributed by atoms with Gasteiger partial charge in [-0.05, 0) is 56.9 Å². The Balaban J connectivity index is 1.59. The lowest BCUT2D eigenvalue weighted by molar-refractivity contribution is -0.142. The number of carbonyl (C=O) groups excluding carboxylic acids is 2. The van der Waals surface area contributed by atoms with Crippen LogP contribution in [0.15, 0.2) is 29.6 Å². The van der Waals surface area contributed by atoms with E-state index < -0.39 is 0 Å². The standard InChI is InChI=1S/C22H23FN4O3S/c1-2-30-19(28)12-15-13-31-22(24-15)25-21(29)20-17-6-4-3-5-7-18(17)27(26-20)16-10-8-14(23)9-11-16/h8-11,13H,2-7,12H2,1H3,(H,24,25,29). The molecule has 1 aliphatic carbocycles.